The summed E-state index contributed by atoms with van der Waals surface area (Å²) >= 11 is 0. The Balaban J connectivity index is 1.92. The molecule has 0 aliphatic carbocycles. The zero-order valence-electron chi connectivity index (χ0n) is 14.2. The monoisotopic (exact) mass is 334 g/mol. The van der Waals surface area contributed by atoms with Crippen LogP contribution < -0.4 is 0 Å². The molecule has 1 aliphatic rings. The molecule has 1 amide bonds. The lowest BCUT2D eigenvalue weighted by molar-refractivity contribution is -0.138. The van der Waals surface area contributed by atoms with Gasteiger partial charge in [-0.1, -0.05) is 37.3 Å². The zero-order valence-corrected chi connectivity index (χ0v) is 14.2. The van der Waals surface area contributed by atoms with Crippen LogP contribution in [0.3, 0.4) is 0 Å². The molecular formula is C18H26N2O4. The minimum absolute atomic E-state index is 0.0000963. The van der Waals surface area contributed by atoms with Crippen LogP contribution in [0.25, 0.3) is 0 Å². The molecule has 1 aromatic rings. The molecular weight excluding hydrogens is 308 g/mol. The number of carboxylic acid groups (broad SMARTS) is 1. The van der Waals surface area contributed by atoms with Crippen molar-refractivity contribution in [2.75, 3.05) is 26.2 Å². The first-order valence-corrected chi connectivity index (χ1v) is 8.51. The summed E-state index contributed by atoms with van der Waals surface area (Å²) in [6, 6.07) is 9.62. The van der Waals surface area contributed by atoms with Gasteiger partial charge in [-0.3, -0.25) is 9.69 Å². The van der Waals surface area contributed by atoms with E-state index < -0.39 is 5.97 Å². The smallest absolute Gasteiger partial charge is 0.410 e. The minimum atomic E-state index is -0.842. The fraction of sp³-hybridized carbons (Fsp3) is 0.556. The number of ether oxygens (including phenoxy) is 1. The van der Waals surface area contributed by atoms with Crippen LogP contribution in [0.2, 0.25) is 0 Å². The highest BCUT2D eigenvalue weighted by Gasteiger charge is 2.29. The Labute approximate surface area is 143 Å². The predicted molar refractivity (Wildman–Crippen MR) is 90.7 cm³/mol. The van der Waals surface area contributed by atoms with Crippen molar-refractivity contribution in [1.29, 1.82) is 0 Å². The number of aliphatic carboxylic acids is 1. The highest BCUT2D eigenvalue weighted by molar-refractivity contribution is 5.69. The molecule has 1 atom stereocenters. The van der Waals surface area contributed by atoms with E-state index in [1.54, 1.807) is 4.90 Å². The Kier molecular flexibility index (Phi) is 7.06. The first kappa shape index (κ1) is 18.3. The fourth-order valence-corrected chi connectivity index (χ4v) is 3.03. The third-order valence-corrected chi connectivity index (χ3v) is 4.34. The predicted octanol–water partition coefficient (Wildman–Crippen LogP) is 2.58. The van der Waals surface area contributed by atoms with Gasteiger partial charge in [-0.2, -0.15) is 0 Å². The number of hydrogen-bond donors (Lipinski definition) is 1. The molecule has 1 heterocycles. The number of carbonyl (C=O) groups excluding carboxylic acids is 1. The molecule has 132 valence electrons. The van der Waals surface area contributed by atoms with Crippen LogP contribution in [0, 0.1) is 0 Å². The summed E-state index contributed by atoms with van der Waals surface area (Å²) in [6.45, 7) is 4.08. The highest BCUT2D eigenvalue weighted by atomic mass is 16.6. The SMILES string of the molecule is CCN(CC(=O)O)CC1CCCCN1C(=O)OCc1ccccc1. The maximum absolute atomic E-state index is 12.4. The van der Waals surface area contributed by atoms with Gasteiger partial charge in [-0.05, 0) is 31.4 Å². The number of benzene rings is 1. The number of likely N-dealkylation sites (tertiary alicyclic amines) is 1. The average Bonchev–Trinajstić information content (AvgIpc) is 2.60. The van der Waals surface area contributed by atoms with Crippen molar-refractivity contribution in [2.24, 2.45) is 0 Å². The second kappa shape index (κ2) is 9.27. The molecule has 1 aromatic carbocycles. The van der Waals surface area contributed by atoms with Crippen molar-refractivity contribution < 1.29 is 19.4 Å². The van der Waals surface area contributed by atoms with Crippen LogP contribution in [-0.2, 0) is 16.1 Å². The van der Waals surface area contributed by atoms with E-state index in [0.717, 1.165) is 24.8 Å². The van der Waals surface area contributed by atoms with Gasteiger partial charge in [0.05, 0.1) is 6.54 Å². The van der Waals surface area contributed by atoms with E-state index in [1.807, 2.05) is 42.2 Å². The number of hydrogen-bond acceptors (Lipinski definition) is 4. The van der Waals surface area contributed by atoms with Gasteiger partial charge in [-0.15, -0.1) is 0 Å². The summed E-state index contributed by atoms with van der Waals surface area (Å²) in [5.74, 6) is -0.842. The molecule has 0 aromatic heterocycles. The first-order valence-electron chi connectivity index (χ1n) is 8.51. The zero-order chi connectivity index (χ0) is 17.4. The van der Waals surface area contributed by atoms with Crippen molar-refractivity contribution in [3.05, 3.63) is 35.9 Å². The average molecular weight is 334 g/mol. The number of nitrogens with zero attached hydrogens (tertiary/aromatic N) is 2. The number of carbonyl (C=O) groups is 2. The fourth-order valence-electron chi connectivity index (χ4n) is 3.03. The Morgan fingerprint density at radius 1 is 1.29 bits per heavy atom. The van der Waals surface area contributed by atoms with Crippen LogP contribution in [0.5, 0.6) is 0 Å². The molecule has 2 rings (SSSR count). The number of carboxylic acids is 1. The van der Waals surface area contributed by atoms with Gasteiger partial charge in [-0.25, -0.2) is 4.79 Å². The van der Waals surface area contributed by atoms with Gasteiger partial charge in [0.2, 0.25) is 0 Å². The molecule has 1 unspecified atom stereocenters. The summed E-state index contributed by atoms with van der Waals surface area (Å²) in [5, 5.41) is 8.98. The third kappa shape index (κ3) is 5.53. The van der Waals surface area contributed by atoms with E-state index >= 15 is 0 Å². The molecule has 1 aliphatic heterocycles. The summed E-state index contributed by atoms with van der Waals surface area (Å²) < 4.78 is 5.45. The molecule has 6 heteroatoms. The molecule has 6 nitrogen and oxygen atoms in total. The van der Waals surface area contributed by atoms with Gasteiger partial charge >= 0.3 is 12.1 Å². The van der Waals surface area contributed by atoms with Crippen molar-refractivity contribution in [1.82, 2.24) is 9.80 Å². The number of rotatable bonds is 7. The van der Waals surface area contributed by atoms with Crippen LogP contribution in [0.15, 0.2) is 30.3 Å². The van der Waals surface area contributed by atoms with Crippen molar-refractivity contribution in [3.8, 4) is 0 Å². The second-order valence-corrected chi connectivity index (χ2v) is 6.10. The van der Waals surface area contributed by atoms with E-state index in [4.69, 9.17) is 9.84 Å². The molecule has 1 N–H and O–H groups in total. The molecule has 0 saturated carbocycles. The largest absolute Gasteiger partial charge is 0.480 e. The summed E-state index contributed by atoms with van der Waals surface area (Å²) in [5.41, 5.74) is 0.959. The molecule has 0 spiro atoms. The summed E-state index contributed by atoms with van der Waals surface area (Å²) in [4.78, 5) is 27.0. The van der Waals surface area contributed by atoms with Crippen molar-refractivity contribution >= 4 is 12.1 Å². The topological polar surface area (TPSA) is 70.1 Å². The molecule has 24 heavy (non-hydrogen) atoms. The molecule has 1 saturated heterocycles. The molecule has 1 fully saturated rings. The van der Waals surface area contributed by atoms with Crippen LogP contribution in [-0.4, -0.2) is 59.2 Å². The van der Waals surface area contributed by atoms with E-state index in [-0.39, 0.29) is 25.3 Å². The molecule has 0 radical (unpaired) electrons. The maximum atomic E-state index is 12.4. The van der Waals surface area contributed by atoms with Crippen LogP contribution >= 0.6 is 0 Å². The van der Waals surface area contributed by atoms with E-state index in [1.165, 1.54) is 0 Å². The Morgan fingerprint density at radius 2 is 2.04 bits per heavy atom. The van der Waals surface area contributed by atoms with Crippen molar-refractivity contribution in [2.45, 2.75) is 38.8 Å². The quantitative estimate of drug-likeness (QED) is 0.830. The van der Waals surface area contributed by atoms with Gasteiger partial charge < -0.3 is 14.7 Å². The Hall–Kier alpha value is -2.08. The maximum Gasteiger partial charge on any atom is 0.410 e. The van der Waals surface area contributed by atoms with Gasteiger partial charge in [0, 0.05) is 19.1 Å². The van der Waals surface area contributed by atoms with Gasteiger partial charge in [0.1, 0.15) is 6.61 Å². The Morgan fingerprint density at radius 3 is 2.71 bits per heavy atom. The van der Waals surface area contributed by atoms with E-state index in [0.29, 0.717) is 19.6 Å². The Bertz CT molecular complexity index is 535. The van der Waals surface area contributed by atoms with Gasteiger partial charge in [0.25, 0.3) is 0 Å². The highest BCUT2D eigenvalue weighted by Crippen LogP contribution is 2.19. The third-order valence-electron chi connectivity index (χ3n) is 4.34. The summed E-state index contributed by atoms with van der Waals surface area (Å²) in [7, 11) is 0. The first-order chi connectivity index (χ1) is 11.6. The van der Waals surface area contributed by atoms with Crippen LogP contribution in [0.1, 0.15) is 31.7 Å². The lowest BCUT2D eigenvalue weighted by Gasteiger charge is -2.37. The second-order valence-electron chi connectivity index (χ2n) is 6.10. The number of piperidine rings is 1. The molecule has 0 bridgehead atoms. The number of amides is 1. The van der Waals surface area contributed by atoms with Crippen molar-refractivity contribution in [3.63, 3.8) is 0 Å². The normalized spacial score (nSPS) is 17.8. The summed E-state index contributed by atoms with van der Waals surface area (Å²) in [6.07, 6.45) is 2.59. The van der Waals surface area contributed by atoms with E-state index in [2.05, 4.69) is 0 Å². The van der Waals surface area contributed by atoms with Gasteiger partial charge in [0.15, 0.2) is 0 Å². The lowest BCUT2D eigenvalue weighted by atomic mass is 10.0. The lowest BCUT2D eigenvalue weighted by Crippen LogP contribution is -2.50. The standard InChI is InChI=1S/C18H26N2O4/c1-2-19(13-17(21)22)12-16-10-6-7-11-20(16)18(23)24-14-15-8-4-3-5-9-15/h3-5,8-9,16H,2,6-7,10-14H2,1H3,(H,21,22). The number of likely N-dealkylation sites (N-methyl/N-ethyl adjacent to an activating group) is 1. The van der Waals surface area contributed by atoms with Crippen LogP contribution in [0.4, 0.5) is 4.79 Å². The minimum Gasteiger partial charge on any atom is -0.480 e. The van der Waals surface area contributed by atoms with E-state index in [9.17, 15) is 9.59 Å².